The number of carboxylic acids is 2. The molecule has 0 atom stereocenters. The SMILES string of the molecule is O=C(O)/C=C(/Oc1ccccc1Br)C(=O)O. The molecule has 0 bridgehead atoms. The van der Waals surface area contributed by atoms with Gasteiger partial charge in [-0.1, -0.05) is 12.1 Å². The Balaban J connectivity index is 2.98. The first kappa shape index (κ1) is 12.3. The van der Waals surface area contributed by atoms with Crippen molar-refractivity contribution in [2.75, 3.05) is 0 Å². The lowest BCUT2D eigenvalue weighted by molar-refractivity contribution is -0.137. The first-order valence-electron chi connectivity index (χ1n) is 4.11. The Morgan fingerprint density at radius 1 is 1.25 bits per heavy atom. The van der Waals surface area contributed by atoms with Crippen LogP contribution in [0.5, 0.6) is 5.75 Å². The van der Waals surface area contributed by atoms with Gasteiger partial charge in [-0.15, -0.1) is 0 Å². The van der Waals surface area contributed by atoms with Crippen LogP contribution in [0, 0.1) is 0 Å². The summed E-state index contributed by atoms with van der Waals surface area (Å²) in [5, 5.41) is 17.2. The molecule has 0 saturated heterocycles. The number of aliphatic carboxylic acids is 2. The van der Waals surface area contributed by atoms with E-state index in [-0.39, 0.29) is 5.75 Å². The van der Waals surface area contributed by atoms with E-state index in [1.165, 1.54) is 6.07 Å². The van der Waals surface area contributed by atoms with Crippen molar-refractivity contribution in [2.24, 2.45) is 0 Å². The van der Waals surface area contributed by atoms with Gasteiger partial charge in [-0.25, -0.2) is 9.59 Å². The molecule has 0 spiro atoms. The molecule has 0 aliphatic rings. The van der Waals surface area contributed by atoms with Gasteiger partial charge in [0.05, 0.1) is 10.5 Å². The van der Waals surface area contributed by atoms with Crippen LogP contribution < -0.4 is 4.74 Å². The molecule has 1 rings (SSSR count). The largest absolute Gasteiger partial charge is 0.478 e. The zero-order valence-electron chi connectivity index (χ0n) is 7.88. The van der Waals surface area contributed by atoms with Crippen molar-refractivity contribution >= 4 is 27.9 Å². The van der Waals surface area contributed by atoms with E-state index in [0.717, 1.165) is 0 Å². The highest BCUT2D eigenvalue weighted by Gasteiger charge is 2.13. The number of halogens is 1. The molecular weight excluding hydrogens is 280 g/mol. The van der Waals surface area contributed by atoms with Crippen molar-refractivity contribution in [1.82, 2.24) is 0 Å². The van der Waals surface area contributed by atoms with E-state index in [0.29, 0.717) is 10.5 Å². The van der Waals surface area contributed by atoms with Crippen molar-refractivity contribution in [3.63, 3.8) is 0 Å². The fourth-order valence-electron chi connectivity index (χ4n) is 0.893. The van der Waals surface area contributed by atoms with E-state index in [9.17, 15) is 9.59 Å². The van der Waals surface area contributed by atoms with Gasteiger partial charge in [0.15, 0.2) is 0 Å². The van der Waals surface area contributed by atoms with Crippen LogP contribution in [0.25, 0.3) is 0 Å². The Hall–Kier alpha value is -1.82. The molecule has 0 radical (unpaired) electrons. The molecule has 5 nitrogen and oxygen atoms in total. The van der Waals surface area contributed by atoms with Gasteiger partial charge in [-0.3, -0.25) is 0 Å². The quantitative estimate of drug-likeness (QED) is 0.652. The Bertz CT molecular complexity index is 452. The molecule has 0 aromatic heterocycles. The van der Waals surface area contributed by atoms with Crippen LogP contribution in [-0.4, -0.2) is 22.2 Å². The molecule has 0 amide bonds. The molecule has 16 heavy (non-hydrogen) atoms. The van der Waals surface area contributed by atoms with Crippen LogP contribution in [0.2, 0.25) is 0 Å². The van der Waals surface area contributed by atoms with Crippen molar-refractivity contribution in [2.45, 2.75) is 0 Å². The molecule has 6 heteroatoms. The summed E-state index contributed by atoms with van der Waals surface area (Å²) in [7, 11) is 0. The number of carboxylic acid groups (broad SMARTS) is 2. The van der Waals surface area contributed by atoms with Crippen LogP contribution in [-0.2, 0) is 9.59 Å². The minimum absolute atomic E-state index is 0.234. The van der Waals surface area contributed by atoms with Crippen molar-refractivity contribution in [3.05, 3.63) is 40.6 Å². The molecule has 84 valence electrons. The smallest absolute Gasteiger partial charge is 0.372 e. The maximum atomic E-state index is 10.7. The van der Waals surface area contributed by atoms with Gasteiger partial charge in [-0.05, 0) is 28.1 Å². The second-order valence-electron chi connectivity index (χ2n) is 2.68. The van der Waals surface area contributed by atoms with E-state index in [4.69, 9.17) is 14.9 Å². The fraction of sp³-hybridized carbons (Fsp3) is 0. The monoisotopic (exact) mass is 286 g/mol. The van der Waals surface area contributed by atoms with Crippen LogP contribution in [0.1, 0.15) is 0 Å². The molecule has 2 N–H and O–H groups in total. The Morgan fingerprint density at radius 3 is 2.38 bits per heavy atom. The number of ether oxygens (including phenoxy) is 1. The Labute approximate surface area is 99.1 Å². The maximum absolute atomic E-state index is 10.7. The number of hydrogen-bond donors (Lipinski definition) is 2. The van der Waals surface area contributed by atoms with Gasteiger partial charge in [0, 0.05) is 0 Å². The summed E-state index contributed by atoms with van der Waals surface area (Å²) in [5.41, 5.74) is 0. The van der Waals surface area contributed by atoms with Crippen LogP contribution in [0.4, 0.5) is 0 Å². The summed E-state index contributed by atoms with van der Waals surface area (Å²) >= 11 is 3.15. The van der Waals surface area contributed by atoms with Gasteiger partial charge in [0.2, 0.25) is 5.76 Å². The first-order chi connectivity index (χ1) is 7.50. The second-order valence-corrected chi connectivity index (χ2v) is 3.54. The summed E-state index contributed by atoms with van der Waals surface area (Å²) in [6.45, 7) is 0. The topological polar surface area (TPSA) is 83.8 Å². The zero-order chi connectivity index (χ0) is 12.1. The Morgan fingerprint density at radius 2 is 1.88 bits per heavy atom. The predicted molar refractivity (Wildman–Crippen MR) is 58.1 cm³/mol. The van der Waals surface area contributed by atoms with Gasteiger partial charge in [0.25, 0.3) is 0 Å². The second kappa shape index (κ2) is 5.32. The third kappa shape index (κ3) is 3.39. The highest BCUT2D eigenvalue weighted by Crippen LogP contribution is 2.25. The molecule has 0 saturated carbocycles. The van der Waals surface area contributed by atoms with Gasteiger partial charge in [0.1, 0.15) is 5.75 Å². The minimum Gasteiger partial charge on any atom is -0.478 e. The van der Waals surface area contributed by atoms with Crippen LogP contribution in [0.3, 0.4) is 0 Å². The lowest BCUT2D eigenvalue weighted by Gasteiger charge is -2.06. The van der Waals surface area contributed by atoms with Crippen molar-refractivity contribution in [1.29, 1.82) is 0 Å². The molecule has 0 fully saturated rings. The standard InChI is InChI=1S/C10H7BrO5/c11-6-3-1-2-4-7(6)16-8(10(14)15)5-9(12)13/h1-5H,(H,12,13)(H,14,15)/b8-5+. The normalized spacial score (nSPS) is 10.9. The van der Waals surface area contributed by atoms with Crippen molar-refractivity contribution in [3.8, 4) is 5.75 Å². The number of benzene rings is 1. The van der Waals surface area contributed by atoms with Gasteiger partial charge in [-0.2, -0.15) is 0 Å². The molecular formula is C10H7BrO5. The first-order valence-corrected chi connectivity index (χ1v) is 4.90. The van der Waals surface area contributed by atoms with Gasteiger partial charge >= 0.3 is 11.9 Å². The van der Waals surface area contributed by atoms with Crippen LogP contribution in [0.15, 0.2) is 40.6 Å². The summed E-state index contributed by atoms with van der Waals surface area (Å²) < 4.78 is 5.49. The third-order valence-electron chi connectivity index (χ3n) is 1.52. The average molecular weight is 287 g/mol. The highest BCUT2D eigenvalue weighted by atomic mass is 79.9. The fourth-order valence-corrected chi connectivity index (χ4v) is 1.26. The molecule has 0 aliphatic carbocycles. The Kier molecular flexibility index (Phi) is 4.07. The van der Waals surface area contributed by atoms with Gasteiger partial charge < -0.3 is 14.9 Å². The molecule has 1 aromatic rings. The average Bonchev–Trinajstić information content (AvgIpc) is 2.19. The number of carbonyl (C=O) groups is 2. The lowest BCUT2D eigenvalue weighted by atomic mass is 10.3. The number of rotatable bonds is 4. The minimum atomic E-state index is -1.45. The van der Waals surface area contributed by atoms with E-state index in [1.807, 2.05) is 0 Å². The molecule has 0 unspecified atom stereocenters. The van der Waals surface area contributed by atoms with E-state index in [2.05, 4.69) is 15.9 Å². The van der Waals surface area contributed by atoms with E-state index >= 15 is 0 Å². The number of hydrogen-bond acceptors (Lipinski definition) is 3. The predicted octanol–water partition coefficient (Wildman–Crippen LogP) is 1.88. The molecule has 0 aliphatic heterocycles. The lowest BCUT2D eigenvalue weighted by Crippen LogP contribution is -2.10. The summed E-state index contributed by atoms with van der Waals surface area (Å²) in [4.78, 5) is 21.0. The summed E-state index contributed by atoms with van der Waals surface area (Å²) in [5.74, 6) is -3.25. The number of para-hydroxylation sites is 1. The maximum Gasteiger partial charge on any atom is 0.372 e. The molecule has 1 aromatic carbocycles. The zero-order valence-corrected chi connectivity index (χ0v) is 9.47. The molecule has 0 heterocycles. The highest BCUT2D eigenvalue weighted by molar-refractivity contribution is 9.10. The van der Waals surface area contributed by atoms with E-state index in [1.54, 1.807) is 18.2 Å². The van der Waals surface area contributed by atoms with E-state index < -0.39 is 17.7 Å². The van der Waals surface area contributed by atoms with Crippen LogP contribution >= 0.6 is 15.9 Å². The summed E-state index contributed by atoms with van der Waals surface area (Å²) in [6.07, 6.45) is 0.488. The van der Waals surface area contributed by atoms with Crippen molar-refractivity contribution < 1.29 is 24.5 Å². The summed E-state index contributed by atoms with van der Waals surface area (Å²) in [6, 6.07) is 6.52. The third-order valence-corrected chi connectivity index (χ3v) is 2.18.